The number of ketones is 1. The molecule has 2 aromatic carbocycles. The van der Waals surface area contributed by atoms with E-state index in [0.29, 0.717) is 51.3 Å². The summed E-state index contributed by atoms with van der Waals surface area (Å²) in [7, 11) is 0. The summed E-state index contributed by atoms with van der Waals surface area (Å²) in [5.41, 5.74) is 2.14. The molecule has 1 amide bonds. The van der Waals surface area contributed by atoms with Crippen LogP contribution in [-0.2, 0) is 9.59 Å². The first-order valence-electron chi connectivity index (χ1n) is 8.76. The minimum Gasteiger partial charge on any atom is -0.294 e. The van der Waals surface area contributed by atoms with Gasteiger partial charge in [-0.15, -0.1) is 0 Å². The third kappa shape index (κ3) is 3.23. The van der Waals surface area contributed by atoms with Gasteiger partial charge in [0.1, 0.15) is 5.82 Å². The van der Waals surface area contributed by atoms with E-state index >= 15 is 0 Å². The number of anilines is 1. The summed E-state index contributed by atoms with van der Waals surface area (Å²) < 4.78 is 15.3. The molecule has 0 bridgehead atoms. The number of rotatable bonds is 2. The summed E-state index contributed by atoms with van der Waals surface area (Å²) in [4.78, 5) is 27.4. The van der Waals surface area contributed by atoms with E-state index in [2.05, 4.69) is 15.9 Å². The van der Waals surface area contributed by atoms with Crippen LogP contribution < -0.4 is 4.90 Å². The van der Waals surface area contributed by atoms with Crippen molar-refractivity contribution in [3.8, 4) is 0 Å². The van der Waals surface area contributed by atoms with Crippen molar-refractivity contribution in [1.82, 2.24) is 0 Å². The highest BCUT2D eigenvalue weighted by Gasteiger charge is 2.41. The fourth-order valence-electron chi connectivity index (χ4n) is 3.95. The monoisotopic (exact) mass is 447 g/mol. The molecule has 138 valence electrons. The second kappa shape index (κ2) is 7.21. The molecule has 3 nitrogen and oxygen atoms in total. The molecule has 2 aliphatic rings. The average molecular weight is 449 g/mol. The molecule has 0 aromatic heterocycles. The molecule has 0 radical (unpaired) electrons. The second-order valence-electron chi connectivity index (χ2n) is 6.74. The van der Waals surface area contributed by atoms with Crippen LogP contribution in [-0.4, -0.2) is 11.7 Å². The lowest BCUT2D eigenvalue weighted by Crippen LogP contribution is -2.40. The summed E-state index contributed by atoms with van der Waals surface area (Å²) in [5, 5.41) is 0.447. The summed E-state index contributed by atoms with van der Waals surface area (Å²) in [6, 6.07) is 11.7. The van der Waals surface area contributed by atoms with Gasteiger partial charge in [-0.3, -0.25) is 14.5 Å². The van der Waals surface area contributed by atoms with Crippen molar-refractivity contribution < 1.29 is 14.0 Å². The molecular formula is C21H16BrClFNO2. The summed E-state index contributed by atoms with van der Waals surface area (Å²) >= 11 is 9.68. The number of hydrogen-bond acceptors (Lipinski definition) is 2. The number of Topliss-reactive ketones (excluding diaryl/α,β-unsaturated/α-hetero) is 1. The van der Waals surface area contributed by atoms with Crippen LogP contribution in [0.4, 0.5) is 10.1 Å². The number of hydrogen-bond donors (Lipinski definition) is 0. The summed E-state index contributed by atoms with van der Waals surface area (Å²) in [5.74, 6) is -1.19. The molecule has 0 fully saturated rings. The smallest absolute Gasteiger partial charge is 0.232 e. The zero-order valence-corrected chi connectivity index (χ0v) is 16.7. The van der Waals surface area contributed by atoms with Gasteiger partial charge in [0.25, 0.3) is 0 Å². The first-order valence-corrected chi connectivity index (χ1v) is 9.93. The lowest BCUT2D eigenvalue weighted by molar-refractivity contribution is -0.119. The maximum Gasteiger partial charge on any atom is 0.232 e. The van der Waals surface area contributed by atoms with Gasteiger partial charge in [0.15, 0.2) is 5.78 Å². The van der Waals surface area contributed by atoms with Gasteiger partial charge < -0.3 is 0 Å². The van der Waals surface area contributed by atoms with E-state index in [1.807, 2.05) is 0 Å². The number of halogens is 3. The van der Waals surface area contributed by atoms with Crippen LogP contribution in [0.2, 0.25) is 5.02 Å². The van der Waals surface area contributed by atoms with E-state index in [9.17, 15) is 14.0 Å². The molecule has 0 saturated heterocycles. The van der Waals surface area contributed by atoms with Gasteiger partial charge in [0, 0.05) is 34.5 Å². The van der Waals surface area contributed by atoms with Crippen molar-refractivity contribution in [2.75, 3.05) is 4.90 Å². The van der Waals surface area contributed by atoms with Crippen LogP contribution in [0.5, 0.6) is 0 Å². The predicted octanol–water partition coefficient (Wildman–Crippen LogP) is 5.77. The third-order valence-electron chi connectivity index (χ3n) is 5.10. The molecule has 0 spiro atoms. The maximum absolute atomic E-state index is 14.6. The maximum atomic E-state index is 14.6. The Morgan fingerprint density at radius 1 is 1.11 bits per heavy atom. The first-order chi connectivity index (χ1) is 13.0. The molecule has 27 heavy (non-hydrogen) atoms. The van der Waals surface area contributed by atoms with Crippen LogP contribution in [0, 0.1) is 5.82 Å². The fourth-order valence-corrected chi connectivity index (χ4v) is 4.55. The molecule has 1 aliphatic carbocycles. The van der Waals surface area contributed by atoms with E-state index in [-0.39, 0.29) is 18.1 Å². The largest absolute Gasteiger partial charge is 0.294 e. The van der Waals surface area contributed by atoms with Crippen LogP contribution in [0.3, 0.4) is 0 Å². The van der Waals surface area contributed by atoms with Crippen LogP contribution in [0.25, 0.3) is 0 Å². The van der Waals surface area contributed by atoms with Crippen molar-refractivity contribution in [2.45, 2.75) is 31.6 Å². The van der Waals surface area contributed by atoms with E-state index in [1.54, 1.807) is 41.3 Å². The molecule has 0 saturated carbocycles. The number of nitrogens with zero attached hydrogens (tertiary/aromatic N) is 1. The van der Waals surface area contributed by atoms with Crippen LogP contribution >= 0.6 is 27.5 Å². The third-order valence-corrected chi connectivity index (χ3v) is 5.91. The quantitative estimate of drug-likeness (QED) is 0.585. The Bertz CT molecular complexity index is 988. The Morgan fingerprint density at radius 2 is 1.89 bits per heavy atom. The normalized spacial score (nSPS) is 20.1. The molecule has 2 aromatic rings. The number of para-hydroxylation sites is 1. The topological polar surface area (TPSA) is 37.4 Å². The molecule has 1 unspecified atom stereocenters. The minimum atomic E-state index is -0.573. The minimum absolute atomic E-state index is 0.0230. The van der Waals surface area contributed by atoms with E-state index in [4.69, 9.17) is 11.6 Å². The van der Waals surface area contributed by atoms with Crippen LogP contribution in [0.1, 0.15) is 37.2 Å². The van der Waals surface area contributed by atoms with Gasteiger partial charge in [0.05, 0.1) is 10.7 Å². The zero-order valence-electron chi connectivity index (χ0n) is 14.3. The van der Waals surface area contributed by atoms with Crippen molar-refractivity contribution in [1.29, 1.82) is 0 Å². The SMILES string of the molecule is O=C1CCCC2=C1C(c1cc(Br)ccc1F)CC(=O)N2c1ccccc1Cl. The van der Waals surface area contributed by atoms with Gasteiger partial charge in [-0.2, -0.15) is 0 Å². The Labute approximate surface area is 169 Å². The number of amides is 1. The Hall–Kier alpha value is -1.98. The van der Waals surface area contributed by atoms with Crippen molar-refractivity contribution in [2.24, 2.45) is 0 Å². The predicted molar refractivity (Wildman–Crippen MR) is 106 cm³/mol. The fraction of sp³-hybridized carbons (Fsp3) is 0.238. The molecule has 6 heteroatoms. The number of carbonyl (C=O) groups is 2. The van der Waals surface area contributed by atoms with Gasteiger partial charge in [-0.25, -0.2) is 4.39 Å². The number of allylic oxidation sites excluding steroid dienone is 2. The highest BCUT2D eigenvalue weighted by molar-refractivity contribution is 9.10. The highest BCUT2D eigenvalue weighted by Crippen LogP contribution is 2.45. The van der Waals surface area contributed by atoms with Gasteiger partial charge in [0.2, 0.25) is 5.91 Å². The van der Waals surface area contributed by atoms with E-state index in [0.717, 1.165) is 0 Å². The lowest BCUT2D eigenvalue weighted by atomic mass is 9.77. The average Bonchev–Trinajstić information content (AvgIpc) is 2.64. The standard InChI is InChI=1S/C21H16BrClFNO2/c22-12-8-9-16(24)13(10-12)14-11-20(27)25(17-5-2-1-4-15(17)23)18-6-3-7-19(26)21(14)18/h1-2,4-5,8-10,14H,3,6-7,11H2. The van der Waals surface area contributed by atoms with Crippen molar-refractivity contribution in [3.63, 3.8) is 0 Å². The second-order valence-corrected chi connectivity index (χ2v) is 8.06. The summed E-state index contributed by atoms with van der Waals surface area (Å²) in [6.45, 7) is 0. The summed E-state index contributed by atoms with van der Waals surface area (Å²) in [6.07, 6.45) is 1.70. The molecule has 1 atom stereocenters. The number of benzene rings is 2. The van der Waals surface area contributed by atoms with Crippen molar-refractivity contribution in [3.05, 3.63) is 74.6 Å². The molecule has 0 N–H and O–H groups in total. The van der Waals surface area contributed by atoms with Gasteiger partial charge >= 0.3 is 0 Å². The molecular weight excluding hydrogens is 433 g/mol. The van der Waals surface area contributed by atoms with E-state index in [1.165, 1.54) is 6.07 Å². The Balaban J connectivity index is 1.91. The Kier molecular flexibility index (Phi) is 4.91. The number of carbonyl (C=O) groups excluding carboxylic acids is 2. The zero-order chi connectivity index (χ0) is 19.1. The van der Waals surface area contributed by atoms with Gasteiger partial charge in [-0.05, 0) is 48.7 Å². The molecule has 4 rings (SSSR count). The van der Waals surface area contributed by atoms with E-state index < -0.39 is 11.7 Å². The molecule has 1 heterocycles. The molecule has 1 aliphatic heterocycles. The Morgan fingerprint density at radius 3 is 2.67 bits per heavy atom. The van der Waals surface area contributed by atoms with Crippen molar-refractivity contribution >= 4 is 44.9 Å². The van der Waals surface area contributed by atoms with Crippen LogP contribution in [0.15, 0.2) is 58.2 Å². The highest BCUT2D eigenvalue weighted by atomic mass is 79.9. The lowest BCUT2D eigenvalue weighted by Gasteiger charge is -2.38. The van der Waals surface area contributed by atoms with Gasteiger partial charge in [-0.1, -0.05) is 39.7 Å². The first kappa shape index (κ1) is 18.4.